The molecular formula is C16H26F3N. The summed E-state index contributed by atoms with van der Waals surface area (Å²) in [5.41, 5.74) is 3.80. The normalized spacial score (nSPS) is 11.1. The van der Waals surface area contributed by atoms with Crippen LogP contribution >= 0.6 is 0 Å². The lowest BCUT2D eigenvalue weighted by Crippen LogP contribution is -2.17. The van der Waals surface area contributed by atoms with Gasteiger partial charge in [-0.15, -0.1) is 0 Å². The molecule has 0 spiro atoms. The molecule has 0 aliphatic rings. The lowest BCUT2D eigenvalue weighted by atomic mass is 9.94. The molecule has 0 aliphatic heterocycles. The Bertz CT molecular complexity index is 423. The summed E-state index contributed by atoms with van der Waals surface area (Å²) >= 11 is 0. The third kappa shape index (κ3) is 5.14. The molecule has 0 aliphatic carbocycles. The summed E-state index contributed by atoms with van der Waals surface area (Å²) in [5, 5.41) is 0. The molecule has 1 aromatic heterocycles. The first kappa shape index (κ1) is 18.9. The van der Waals surface area contributed by atoms with Crippen LogP contribution < -0.4 is 0 Å². The van der Waals surface area contributed by atoms with E-state index < -0.39 is 12.6 Å². The molecule has 0 saturated carbocycles. The van der Waals surface area contributed by atoms with Crippen LogP contribution in [0.5, 0.6) is 0 Å². The molecule has 0 unspecified atom stereocenters. The minimum Gasteiger partial charge on any atom is -0.257 e. The second kappa shape index (κ2) is 8.28. The van der Waals surface area contributed by atoms with E-state index in [0.717, 1.165) is 35.2 Å². The highest BCUT2D eigenvalue weighted by atomic mass is 19.4. The first-order valence-corrected chi connectivity index (χ1v) is 7.34. The van der Waals surface area contributed by atoms with Crippen LogP contribution in [0.1, 0.15) is 62.2 Å². The predicted molar refractivity (Wildman–Crippen MR) is 78.2 cm³/mol. The number of pyridine rings is 1. The molecule has 0 radical (unpaired) electrons. The largest absolute Gasteiger partial charge is 0.394 e. The van der Waals surface area contributed by atoms with Gasteiger partial charge in [0, 0.05) is 5.69 Å². The van der Waals surface area contributed by atoms with Crippen molar-refractivity contribution in [2.45, 2.75) is 73.4 Å². The van der Waals surface area contributed by atoms with Crippen molar-refractivity contribution >= 4 is 0 Å². The first-order valence-electron chi connectivity index (χ1n) is 7.34. The maximum absolute atomic E-state index is 12.5. The average Bonchev–Trinajstić information content (AvgIpc) is 2.35. The van der Waals surface area contributed by atoms with Gasteiger partial charge in [-0.25, -0.2) is 0 Å². The molecule has 1 nitrogen and oxygen atoms in total. The topological polar surface area (TPSA) is 12.9 Å². The van der Waals surface area contributed by atoms with Crippen molar-refractivity contribution in [2.24, 2.45) is 0 Å². The van der Waals surface area contributed by atoms with E-state index in [9.17, 15) is 13.2 Å². The highest BCUT2D eigenvalue weighted by molar-refractivity contribution is 5.40. The number of halogens is 3. The standard InChI is InChI=1S/C14H20F3N.C2H6/c1-5-7-12-9(3)11(6-2)13(18-10(12)4)8-14(15,16)17;1-2/h5-8H2,1-4H3;1-2H3. The molecule has 0 saturated heterocycles. The van der Waals surface area contributed by atoms with Gasteiger partial charge in [-0.05, 0) is 43.4 Å². The van der Waals surface area contributed by atoms with Gasteiger partial charge in [-0.1, -0.05) is 34.1 Å². The van der Waals surface area contributed by atoms with Crippen molar-refractivity contribution in [1.82, 2.24) is 4.98 Å². The minimum atomic E-state index is -4.19. The van der Waals surface area contributed by atoms with Gasteiger partial charge in [0.1, 0.15) is 0 Å². The number of nitrogens with zero attached hydrogens (tertiary/aromatic N) is 1. The van der Waals surface area contributed by atoms with Crippen molar-refractivity contribution in [3.05, 3.63) is 28.1 Å². The van der Waals surface area contributed by atoms with Crippen LogP contribution in [-0.2, 0) is 19.3 Å². The zero-order valence-corrected chi connectivity index (χ0v) is 13.4. The Morgan fingerprint density at radius 1 is 1.00 bits per heavy atom. The van der Waals surface area contributed by atoms with Gasteiger partial charge in [0.15, 0.2) is 0 Å². The summed E-state index contributed by atoms with van der Waals surface area (Å²) in [4.78, 5) is 4.19. The lowest BCUT2D eigenvalue weighted by molar-refractivity contribution is -0.128. The second-order valence-corrected chi connectivity index (χ2v) is 4.62. The molecule has 0 aromatic carbocycles. The van der Waals surface area contributed by atoms with Crippen LogP contribution in [0.15, 0.2) is 0 Å². The van der Waals surface area contributed by atoms with Crippen molar-refractivity contribution in [1.29, 1.82) is 0 Å². The molecule has 0 fully saturated rings. The van der Waals surface area contributed by atoms with Crippen LogP contribution in [-0.4, -0.2) is 11.2 Å². The van der Waals surface area contributed by atoms with E-state index >= 15 is 0 Å². The maximum atomic E-state index is 12.5. The Balaban J connectivity index is 0.00000172. The summed E-state index contributed by atoms with van der Waals surface area (Å²) in [7, 11) is 0. The van der Waals surface area contributed by atoms with Crippen molar-refractivity contribution in [3.8, 4) is 0 Å². The zero-order valence-electron chi connectivity index (χ0n) is 13.4. The van der Waals surface area contributed by atoms with Gasteiger partial charge in [-0.3, -0.25) is 4.98 Å². The van der Waals surface area contributed by atoms with Gasteiger partial charge in [0.05, 0.1) is 12.1 Å². The van der Waals surface area contributed by atoms with E-state index in [1.54, 1.807) is 6.92 Å². The fraction of sp³-hybridized carbons (Fsp3) is 0.688. The Kier molecular flexibility index (Phi) is 7.84. The number of aromatic nitrogens is 1. The van der Waals surface area contributed by atoms with Crippen LogP contribution in [0.2, 0.25) is 0 Å². The summed E-state index contributed by atoms with van der Waals surface area (Å²) in [6.07, 6.45) is -2.66. The number of alkyl halides is 3. The Morgan fingerprint density at radius 3 is 1.95 bits per heavy atom. The average molecular weight is 289 g/mol. The summed E-state index contributed by atoms with van der Waals surface area (Å²) < 4.78 is 37.6. The summed E-state index contributed by atoms with van der Waals surface area (Å²) in [6, 6.07) is 0. The van der Waals surface area contributed by atoms with E-state index in [2.05, 4.69) is 11.9 Å². The maximum Gasteiger partial charge on any atom is 0.394 e. The molecule has 1 rings (SSSR count). The van der Waals surface area contributed by atoms with E-state index in [1.807, 2.05) is 27.7 Å². The van der Waals surface area contributed by atoms with Crippen LogP contribution in [0.3, 0.4) is 0 Å². The minimum absolute atomic E-state index is 0.194. The van der Waals surface area contributed by atoms with Gasteiger partial charge >= 0.3 is 6.18 Å². The number of rotatable bonds is 4. The van der Waals surface area contributed by atoms with Crippen LogP contribution in [0, 0.1) is 13.8 Å². The lowest BCUT2D eigenvalue weighted by Gasteiger charge is -2.18. The van der Waals surface area contributed by atoms with E-state index in [-0.39, 0.29) is 5.69 Å². The van der Waals surface area contributed by atoms with Gasteiger partial charge in [0.2, 0.25) is 0 Å². The monoisotopic (exact) mass is 289 g/mol. The van der Waals surface area contributed by atoms with E-state index in [0.29, 0.717) is 6.42 Å². The molecule has 20 heavy (non-hydrogen) atoms. The molecular weight excluding hydrogens is 263 g/mol. The van der Waals surface area contributed by atoms with Gasteiger partial charge in [-0.2, -0.15) is 13.2 Å². The molecule has 0 atom stereocenters. The summed E-state index contributed by atoms with van der Waals surface area (Å²) in [5.74, 6) is 0. The molecule has 116 valence electrons. The first-order chi connectivity index (χ1) is 9.30. The molecule has 0 amide bonds. The summed E-state index contributed by atoms with van der Waals surface area (Å²) in [6.45, 7) is 11.7. The quantitative estimate of drug-likeness (QED) is 0.728. The second-order valence-electron chi connectivity index (χ2n) is 4.62. The predicted octanol–water partition coefficient (Wildman–Crippen LogP) is 5.34. The zero-order chi connectivity index (χ0) is 15.9. The van der Waals surface area contributed by atoms with Crippen molar-refractivity contribution in [3.63, 3.8) is 0 Å². The third-order valence-electron chi connectivity index (χ3n) is 3.21. The molecule has 0 N–H and O–H groups in total. The number of aryl methyl sites for hydroxylation is 1. The Morgan fingerprint density at radius 2 is 1.55 bits per heavy atom. The molecule has 4 heteroatoms. The Hall–Kier alpha value is -1.06. The highest BCUT2D eigenvalue weighted by Crippen LogP contribution is 2.27. The van der Waals surface area contributed by atoms with Crippen molar-refractivity contribution in [2.75, 3.05) is 0 Å². The third-order valence-corrected chi connectivity index (χ3v) is 3.21. The smallest absolute Gasteiger partial charge is 0.257 e. The Labute approximate surface area is 120 Å². The molecule has 0 bridgehead atoms. The van der Waals surface area contributed by atoms with Crippen molar-refractivity contribution < 1.29 is 13.2 Å². The van der Waals surface area contributed by atoms with Gasteiger partial charge in [0.25, 0.3) is 0 Å². The number of hydrogen-bond donors (Lipinski definition) is 0. The van der Waals surface area contributed by atoms with Crippen LogP contribution in [0.25, 0.3) is 0 Å². The molecule has 1 aromatic rings. The molecule has 1 heterocycles. The number of hydrogen-bond acceptors (Lipinski definition) is 1. The fourth-order valence-corrected chi connectivity index (χ4v) is 2.43. The van der Waals surface area contributed by atoms with Gasteiger partial charge < -0.3 is 0 Å². The van der Waals surface area contributed by atoms with E-state index in [4.69, 9.17) is 0 Å². The van der Waals surface area contributed by atoms with Crippen LogP contribution in [0.4, 0.5) is 13.2 Å². The SMILES string of the molecule is CC.CCCc1c(C)nc(CC(F)(F)F)c(CC)c1C. The van der Waals surface area contributed by atoms with E-state index in [1.165, 1.54) is 0 Å². The highest BCUT2D eigenvalue weighted by Gasteiger charge is 2.30. The fourth-order valence-electron chi connectivity index (χ4n) is 2.43.